The number of rotatable bonds is 1. The molecule has 5 heteroatoms. The molecule has 0 spiro atoms. The minimum absolute atomic E-state index is 0.116. The average molecular weight is 338 g/mol. The maximum Gasteiger partial charge on any atom is 0.245 e. The largest absolute Gasteiger partial charge is 0.273 e. The topological polar surface area (TPSA) is 45.0 Å². The van der Waals surface area contributed by atoms with E-state index in [0.29, 0.717) is 10.9 Å². The van der Waals surface area contributed by atoms with Gasteiger partial charge in [0.15, 0.2) is 0 Å². The molecule has 24 heavy (non-hydrogen) atoms. The van der Waals surface area contributed by atoms with Gasteiger partial charge in [-0.2, -0.15) is 10.1 Å². The van der Waals surface area contributed by atoms with Gasteiger partial charge >= 0.3 is 0 Å². The van der Waals surface area contributed by atoms with E-state index in [1.54, 1.807) is 0 Å². The van der Waals surface area contributed by atoms with Crippen LogP contribution in [-0.2, 0) is 4.79 Å². The van der Waals surface area contributed by atoms with Crippen LogP contribution in [0, 0.1) is 5.92 Å². The van der Waals surface area contributed by atoms with Gasteiger partial charge in [0, 0.05) is 12.0 Å². The minimum Gasteiger partial charge on any atom is -0.273 e. The zero-order chi connectivity index (χ0) is 16.8. The van der Waals surface area contributed by atoms with Crippen LogP contribution >= 0.6 is 11.6 Å². The Morgan fingerprint density at radius 2 is 2.00 bits per heavy atom. The highest BCUT2D eigenvalue weighted by molar-refractivity contribution is 6.32. The first kappa shape index (κ1) is 15.1. The number of halogens is 1. The number of aliphatic imine (C=N–C) groups is 1. The Morgan fingerprint density at radius 3 is 2.71 bits per heavy atom. The van der Waals surface area contributed by atoms with E-state index in [0.717, 1.165) is 22.4 Å². The molecule has 2 heterocycles. The SMILES string of the molecule is CC(=O)N1N=C(C)[C@H]2C1=N[C@@H]1C=CC(Cl)=CC1=C2c1ccccc1. The van der Waals surface area contributed by atoms with E-state index in [1.165, 1.54) is 11.9 Å². The predicted molar refractivity (Wildman–Crippen MR) is 96.8 cm³/mol. The van der Waals surface area contributed by atoms with Crippen molar-refractivity contribution in [2.45, 2.75) is 19.9 Å². The van der Waals surface area contributed by atoms with Crippen molar-refractivity contribution in [3.8, 4) is 0 Å². The van der Waals surface area contributed by atoms with Crippen molar-refractivity contribution in [3.63, 3.8) is 0 Å². The third-order valence-electron chi connectivity index (χ3n) is 4.45. The molecule has 2 aliphatic heterocycles. The monoisotopic (exact) mass is 337 g/mol. The van der Waals surface area contributed by atoms with Crippen molar-refractivity contribution >= 4 is 34.6 Å². The third kappa shape index (κ3) is 2.26. The van der Waals surface area contributed by atoms with Crippen molar-refractivity contribution in [1.82, 2.24) is 5.01 Å². The highest BCUT2D eigenvalue weighted by atomic mass is 35.5. The van der Waals surface area contributed by atoms with Crippen LogP contribution in [0.4, 0.5) is 0 Å². The normalized spacial score (nSPS) is 25.0. The molecule has 1 amide bonds. The molecule has 4 rings (SSSR count). The van der Waals surface area contributed by atoms with Gasteiger partial charge in [-0.25, -0.2) is 0 Å². The summed E-state index contributed by atoms with van der Waals surface area (Å²) in [4.78, 5) is 16.8. The zero-order valence-electron chi connectivity index (χ0n) is 13.4. The summed E-state index contributed by atoms with van der Waals surface area (Å²) in [6, 6.07) is 10.0. The fourth-order valence-electron chi connectivity index (χ4n) is 3.45. The number of amides is 1. The van der Waals surface area contributed by atoms with Gasteiger partial charge in [-0.05, 0) is 35.8 Å². The summed E-state index contributed by atoms with van der Waals surface area (Å²) in [5.41, 5.74) is 4.17. The van der Waals surface area contributed by atoms with Crippen LogP contribution in [0.5, 0.6) is 0 Å². The molecular formula is C19H16ClN3O. The lowest BCUT2D eigenvalue weighted by molar-refractivity contribution is -0.125. The van der Waals surface area contributed by atoms with Gasteiger partial charge in [-0.1, -0.05) is 48.0 Å². The van der Waals surface area contributed by atoms with Crippen LogP contribution < -0.4 is 0 Å². The first-order chi connectivity index (χ1) is 11.6. The summed E-state index contributed by atoms with van der Waals surface area (Å²) in [7, 11) is 0. The molecule has 2 atom stereocenters. The number of hydrazone groups is 1. The molecule has 0 fully saturated rings. The number of dihydropyridines is 1. The molecule has 0 saturated carbocycles. The first-order valence-electron chi connectivity index (χ1n) is 7.84. The summed E-state index contributed by atoms with van der Waals surface area (Å²) < 4.78 is 0. The van der Waals surface area contributed by atoms with Gasteiger partial charge in [-0.15, -0.1) is 0 Å². The Balaban J connectivity index is 1.95. The van der Waals surface area contributed by atoms with Crippen molar-refractivity contribution < 1.29 is 4.79 Å². The molecule has 120 valence electrons. The second-order valence-corrected chi connectivity index (χ2v) is 6.50. The molecule has 4 nitrogen and oxygen atoms in total. The Labute approximate surface area is 145 Å². The van der Waals surface area contributed by atoms with Crippen molar-refractivity contribution in [2.24, 2.45) is 16.0 Å². The smallest absolute Gasteiger partial charge is 0.245 e. The van der Waals surface area contributed by atoms with Crippen LogP contribution in [-0.4, -0.2) is 28.5 Å². The van der Waals surface area contributed by atoms with Crippen molar-refractivity contribution in [3.05, 3.63) is 64.7 Å². The standard InChI is InChI=1S/C19H16ClN3O/c1-11-17-18(13-6-4-3-5-7-13)15-10-14(20)8-9-16(15)21-19(17)23(22-11)12(2)24/h3-10,16-17H,1-2H3/t16-,17-/m1/s1. The van der Waals surface area contributed by atoms with E-state index in [1.807, 2.05) is 43.4 Å². The summed E-state index contributed by atoms with van der Waals surface area (Å²) in [5, 5.41) is 6.55. The van der Waals surface area contributed by atoms with Gasteiger partial charge in [0.2, 0.25) is 5.91 Å². The fraction of sp³-hybridized carbons (Fsp3) is 0.211. The van der Waals surface area contributed by atoms with Gasteiger partial charge in [-0.3, -0.25) is 9.79 Å². The zero-order valence-corrected chi connectivity index (χ0v) is 14.2. The summed E-state index contributed by atoms with van der Waals surface area (Å²) in [6.45, 7) is 3.45. The van der Waals surface area contributed by atoms with Crippen LogP contribution in [0.2, 0.25) is 0 Å². The molecule has 0 radical (unpaired) electrons. The van der Waals surface area contributed by atoms with Crippen LogP contribution in [0.1, 0.15) is 19.4 Å². The summed E-state index contributed by atoms with van der Waals surface area (Å²) in [6.07, 6.45) is 5.79. The number of amidine groups is 1. The van der Waals surface area contributed by atoms with Gasteiger partial charge in [0.25, 0.3) is 0 Å². The average Bonchev–Trinajstić information content (AvgIpc) is 2.90. The number of nitrogens with zero attached hydrogens (tertiary/aromatic N) is 3. The lowest BCUT2D eigenvalue weighted by Gasteiger charge is -2.30. The van der Waals surface area contributed by atoms with Gasteiger partial charge in [0.05, 0.1) is 17.7 Å². The van der Waals surface area contributed by atoms with Gasteiger partial charge < -0.3 is 0 Å². The Hall–Kier alpha value is -2.46. The number of hydrogen-bond acceptors (Lipinski definition) is 3. The molecule has 0 saturated heterocycles. The molecule has 1 aromatic rings. The number of hydrogen-bond donors (Lipinski definition) is 0. The molecular weight excluding hydrogens is 322 g/mol. The highest BCUT2D eigenvalue weighted by Crippen LogP contribution is 2.41. The lowest BCUT2D eigenvalue weighted by atomic mass is 9.79. The first-order valence-corrected chi connectivity index (χ1v) is 8.22. The minimum atomic E-state index is -0.142. The summed E-state index contributed by atoms with van der Waals surface area (Å²) in [5.74, 6) is 0.457. The van der Waals surface area contributed by atoms with Crippen molar-refractivity contribution in [1.29, 1.82) is 0 Å². The number of benzene rings is 1. The van der Waals surface area contributed by atoms with E-state index >= 15 is 0 Å². The number of allylic oxidation sites excluding steroid dienone is 2. The Kier molecular flexibility index (Phi) is 3.50. The molecule has 0 bridgehead atoms. The quantitative estimate of drug-likeness (QED) is 0.769. The van der Waals surface area contributed by atoms with E-state index in [4.69, 9.17) is 16.6 Å². The number of carbonyl (C=O) groups is 1. The van der Waals surface area contributed by atoms with E-state index < -0.39 is 0 Å². The van der Waals surface area contributed by atoms with Crippen LogP contribution in [0.15, 0.2) is 69.3 Å². The lowest BCUT2D eigenvalue weighted by Crippen LogP contribution is -2.36. The predicted octanol–water partition coefficient (Wildman–Crippen LogP) is 3.77. The second kappa shape index (κ2) is 5.56. The van der Waals surface area contributed by atoms with Crippen LogP contribution in [0.25, 0.3) is 5.57 Å². The van der Waals surface area contributed by atoms with E-state index in [-0.39, 0.29) is 17.9 Å². The molecule has 1 aromatic carbocycles. The molecule has 0 aromatic heterocycles. The highest BCUT2D eigenvalue weighted by Gasteiger charge is 2.42. The maximum atomic E-state index is 12.0. The number of carbonyl (C=O) groups excluding carboxylic acids is 1. The second-order valence-electron chi connectivity index (χ2n) is 6.06. The molecule has 3 aliphatic rings. The molecule has 0 unspecified atom stereocenters. The van der Waals surface area contributed by atoms with Crippen LogP contribution in [0.3, 0.4) is 0 Å². The third-order valence-corrected chi connectivity index (χ3v) is 4.69. The Morgan fingerprint density at radius 1 is 1.25 bits per heavy atom. The maximum absolute atomic E-state index is 12.0. The van der Waals surface area contributed by atoms with E-state index in [2.05, 4.69) is 17.2 Å². The number of fused-ring (bicyclic) bond motifs is 2. The fourth-order valence-corrected chi connectivity index (χ4v) is 3.64. The Bertz CT molecular complexity index is 877. The van der Waals surface area contributed by atoms with Gasteiger partial charge in [0.1, 0.15) is 5.84 Å². The van der Waals surface area contributed by atoms with E-state index in [9.17, 15) is 4.79 Å². The molecule has 0 N–H and O–H groups in total. The molecule has 1 aliphatic carbocycles. The summed E-state index contributed by atoms with van der Waals surface area (Å²) >= 11 is 6.24. The van der Waals surface area contributed by atoms with Crippen molar-refractivity contribution in [2.75, 3.05) is 0 Å².